The van der Waals surface area contributed by atoms with Crippen LogP contribution in [0.15, 0.2) is 57.3 Å². The van der Waals surface area contributed by atoms with E-state index in [0.717, 1.165) is 6.20 Å². The first-order chi connectivity index (χ1) is 13.3. The van der Waals surface area contributed by atoms with Crippen LogP contribution in [0, 0.1) is 5.82 Å². The molecule has 0 radical (unpaired) electrons. The van der Waals surface area contributed by atoms with Crippen LogP contribution in [0.4, 0.5) is 4.39 Å². The molecule has 28 heavy (non-hydrogen) atoms. The number of nitrogens with one attached hydrogen (secondary N) is 1. The van der Waals surface area contributed by atoms with Gasteiger partial charge in [0.2, 0.25) is 15.7 Å². The van der Waals surface area contributed by atoms with Crippen LogP contribution in [-0.4, -0.2) is 35.1 Å². The second-order valence-corrected chi connectivity index (χ2v) is 7.61. The molecule has 146 valence electrons. The zero-order valence-corrected chi connectivity index (χ0v) is 15.5. The summed E-state index contributed by atoms with van der Waals surface area (Å²) < 4.78 is 43.9. The van der Waals surface area contributed by atoms with Crippen molar-refractivity contribution in [2.45, 2.75) is 23.3 Å². The first-order valence-electron chi connectivity index (χ1n) is 8.19. The standard InChI is InChI=1S/C18H16FN3O5S/c1-2-27-10-15-21-17(23)16(18(24)22-15)28(25,26)14-5-3-11(4-6-14)12-7-13(19)9-20-8-12/h3-9H,2,10H2,1H3,(H2,21,22,23,24). The Morgan fingerprint density at radius 2 is 1.89 bits per heavy atom. The number of ether oxygens (including phenoxy) is 1. The Bertz CT molecular complexity index is 1160. The summed E-state index contributed by atoms with van der Waals surface area (Å²) in [6.07, 6.45) is 2.49. The Morgan fingerprint density at radius 3 is 2.50 bits per heavy atom. The fourth-order valence-electron chi connectivity index (χ4n) is 2.52. The highest BCUT2D eigenvalue weighted by atomic mass is 32.2. The molecular formula is C18H16FN3O5S. The van der Waals surface area contributed by atoms with Crippen molar-refractivity contribution in [2.75, 3.05) is 6.61 Å². The minimum atomic E-state index is -4.33. The van der Waals surface area contributed by atoms with E-state index < -0.39 is 32.0 Å². The molecule has 0 fully saturated rings. The molecule has 0 aliphatic carbocycles. The van der Waals surface area contributed by atoms with Crippen LogP contribution >= 0.6 is 0 Å². The normalized spacial score (nSPS) is 11.5. The number of hydrogen-bond acceptors (Lipinski definition) is 7. The average molecular weight is 405 g/mol. The lowest BCUT2D eigenvalue weighted by Gasteiger charge is -2.08. The predicted octanol–water partition coefficient (Wildman–Crippen LogP) is 2.05. The minimum Gasteiger partial charge on any atom is -0.493 e. The zero-order valence-electron chi connectivity index (χ0n) is 14.7. The maximum atomic E-state index is 13.3. The Balaban J connectivity index is 1.98. The van der Waals surface area contributed by atoms with Gasteiger partial charge in [0, 0.05) is 18.4 Å². The lowest BCUT2D eigenvalue weighted by atomic mass is 10.1. The van der Waals surface area contributed by atoms with E-state index in [-0.39, 0.29) is 17.3 Å². The second kappa shape index (κ2) is 7.87. The summed E-state index contributed by atoms with van der Waals surface area (Å²) in [6.45, 7) is 2.02. The highest BCUT2D eigenvalue weighted by Crippen LogP contribution is 2.26. The molecule has 0 atom stereocenters. The van der Waals surface area contributed by atoms with E-state index in [9.17, 15) is 22.7 Å². The van der Waals surface area contributed by atoms with Crippen molar-refractivity contribution >= 4 is 9.84 Å². The number of aromatic amines is 1. The van der Waals surface area contributed by atoms with Crippen molar-refractivity contribution in [3.63, 3.8) is 0 Å². The van der Waals surface area contributed by atoms with Crippen molar-refractivity contribution in [2.24, 2.45) is 0 Å². The summed E-state index contributed by atoms with van der Waals surface area (Å²) >= 11 is 0. The maximum absolute atomic E-state index is 13.3. The van der Waals surface area contributed by atoms with Gasteiger partial charge < -0.3 is 14.8 Å². The van der Waals surface area contributed by atoms with E-state index in [1.54, 1.807) is 6.92 Å². The van der Waals surface area contributed by atoms with Crippen LogP contribution in [0.5, 0.6) is 5.88 Å². The monoisotopic (exact) mass is 405 g/mol. The molecule has 0 amide bonds. The minimum absolute atomic E-state index is 0.0113. The molecule has 2 aromatic heterocycles. The predicted molar refractivity (Wildman–Crippen MR) is 96.9 cm³/mol. The van der Waals surface area contributed by atoms with Crippen molar-refractivity contribution in [3.8, 4) is 17.0 Å². The van der Waals surface area contributed by atoms with E-state index in [1.165, 1.54) is 36.5 Å². The molecule has 8 nitrogen and oxygen atoms in total. The fourth-order valence-corrected chi connectivity index (χ4v) is 3.83. The Labute approximate surface area is 159 Å². The van der Waals surface area contributed by atoms with Crippen LogP contribution < -0.4 is 5.56 Å². The third-order valence-electron chi connectivity index (χ3n) is 3.82. The van der Waals surface area contributed by atoms with E-state index in [1.807, 2.05) is 0 Å². The molecule has 10 heteroatoms. The Hall–Kier alpha value is -3.11. The van der Waals surface area contributed by atoms with Crippen LogP contribution in [0.3, 0.4) is 0 Å². The van der Waals surface area contributed by atoms with Crippen LogP contribution in [0.25, 0.3) is 11.1 Å². The molecule has 0 bridgehead atoms. The molecule has 0 aliphatic heterocycles. The lowest BCUT2D eigenvalue weighted by molar-refractivity contribution is 0.127. The molecule has 0 unspecified atom stereocenters. The van der Waals surface area contributed by atoms with Crippen molar-refractivity contribution in [1.82, 2.24) is 15.0 Å². The summed E-state index contributed by atoms with van der Waals surface area (Å²) in [5.74, 6) is -1.32. The number of pyridine rings is 1. The second-order valence-electron chi connectivity index (χ2n) is 5.72. The van der Waals surface area contributed by atoms with Gasteiger partial charge in [-0.05, 0) is 30.7 Å². The number of benzene rings is 1. The molecule has 3 rings (SSSR count). The molecule has 0 aliphatic rings. The number of sulfone groups is 1. The van der Waals surface area contributed by atoms with E-state index in [0.29, 0.717) is 17.7 Å². The molecule has 0 saturated carbocycles. The van der Waals surface area contributed by atoms with Crippen LogP contribution in [-0.2, 0) is 21.2 Å². The number of nitrogens with zero attached hydrogens (tertiary/aromatic N) is 2. The quantitative estimate of drug-likeness (QED) is 0.643. The van der Waals surface area contributed by atoms with E-state index >= 15 is 0 Å². The number of rotatable bonds is 6. The number of H-pyrrole nitrogens is 1. The topological polar surface area (TPSA) is 122 Å². The molecule has 0 spiro atoms. The van der Waals surface area contributed by atoms with Crippen molar-refractivity contribution in [3.05, 3.63) is 64.7 Å². The highest BCUT2D eigenvalue weighted by Gasteiger charge is 2.27. The first-order valence-corrected chi connectivity index (χ1v) is 9.67. The van der Waals surface area contributed by atoms with Crippen molar-refractivity contribution < 1.29 is 22.7 Å². The Morgan fingerprint density at radius 1 is 1.18 bits per heavy atom. The van der Waals surface area contributed by atoms with Crippen molar-refractivity contribution in [1.29, 1.82) is 0 Å². The lowest BCUT2D eigenvalue weighted by Crippen LogP contribution is -2.21. The summed E-state index contributed by atoms with van der Waals surface area (Å²) in [5, 5.41) is 10.1. The van der Waals surface area contributed by atoms with Gasteiger partial charge in [-0.3, -0.25) is 9.78 Å². The first kappa shape index (κ1) is 19.6. The number of hydrogen-bond donors (Lipinski definition) is 2. The summed E-state index contributed by atoms with van der Waals surface area (Å²) in [6, 6.07) is 6.66. The van der Waals surface area contributed by atoms with Gasteiger partial charge in [-0.2, -0.15) is 4.98 Å². The number of halogens is 1. The highest BCUT2D eigenvalue weighted by molar-refractivity contribution is 7.91. The van der Waals surface area contributed by atoms with Gasteiger partial charge in [0.15, 0.2) is 4.90 Å². The van der Waals surface area contributed by atoms with E-state index in [2.05, 4.69) is 15.0 Å². The molecule has 0 saturated heterocycles. The third kappa shape index (κ3) is 3.92. The molecular weight excluding hydrogens is 389 g/mol. The van der Waals surface area contributed by atoms with Gasteiger partial charge in [0.25, 0.3) is 5.56 Å². The summed E-state index contributed by atoms with van der Waals surface area (Å²) in [7, 11) is -4.33. The summed E-state index contributed by atoms with van der Waals surface area (Å²) in [5.41, 5.74) is -0.0924. The molecule has 3 aromatic rings. The van der Waals surface area contributed by atoms with Crippen LogP contribution in [0.2, 0.25) is 0 Å². The number of aromatic nitrogens is 3. The maximum Gasteiger partial charge on any atom is 0.296 e. The van der Waals surface area contributed by atoms with Gasteiger partial charge in [-0.1, -0.05) is 12.1 Å². The van der Waals surface area contributed by atoms with Crippen LogP contribution in [0.1, 0.15) is 12.7 Å². The smallest absolute Gasteiger partial charge is 0.296 e. The average Bonchev–Trinajstić information content (AvgIpc) is 2.66. The third-order valence-corrected chi connectivity index (χ3v) is 5.62. The largest absolute Gasteiger partial charge is 0.493 e. The number of aromatic hydroxyl groups is 1. The Kier molecular flexibility index (Phi) is 5.52. The summed E-state index contributed by atoms with van der Waals surface area (Å²) in [4.78, 5) is 20.8. The fraction of sp³-hybridized carbons (Fsp3) is 0.167. The molecule has 1 aromatic carbocycles. The van der Waals surface area contributed by atoms with Gasteiger partial charge >= 0.3 is 0 Å². The molecule has 2 N–H and O–H groups in total. The van der Waals surface area contributed by atoms with Gasteiger partial charge in [0.05, 0.1) is 11.1 Å². The molecule has 2 heterocycles. The SMILES string of the molecule is CCOCc1nc(=O)c(S(=O)(=O)c2ccc(-c3cncc(F)c3)cc2)c(O)[nH]1. The van der Waals surface area contributed by atoms with Gasteiger partial charge in [-0.15, -0.1) is 0 Å². The van der Waals surface area contributed by atoms with E-state index in [4.69, 9.17) is 4.74 Å². The zero-order chi connectivity index (χ0) is 20.3. The van der Waals surface area contributed by atoms with Gasteiger partial charge in [-0.25, -0.2) is 12.8 Å². The van der Waals surface area contributed by atoms with Gasteiger partial charge in [0.1, 0.15) is 18.2 Å².